The van der Waals surface area contributed by atoms with E-state index in [2.05, 4.69) is 42.5 Å². The Balaban J connectivity index is 1.56. The van der Waals surface area contributed by atoms with Crippen molar-refractivity contribution in [3.8, 4) is 6.07 Å². The van der Waals surface area contributed by atoms with Crippen molar-refractivity contribution in [2.45, 2.75) is 62.5 Å². The summed E-state index contributed by atoms with van der Waals surface area (Å²) in [5, 5.41) is 9.43. The van der Waals surface area contributed by atoms with Gasteiger partial charge >= 0.3 is 0 Å². The number of nitriles is 1. The second kappa shape index (κ2) is 9.22. The summed E-state index contributed by atoms with van der Waals surface area (Å²) in [5.74, 6) is -0.759. The molecule has 3 aromatic rings. The highest BCUT2D eigenvalue weighted by molar-refractivity contribution is 5.47. The fourth-order valence-electron chi connectivity index (χ4n) is 5.58. The fraction of sp³-hybridized carbons (Fsp3) is 0.367. The maximum atomic E-state index is 9.43. The lowest BCUT2D eigenvalue weighted by Gasteiger charge is -2.37. The van der Waals surface area contributed by atoms with Gasteiger partial charge in [-0.15, -0.1) is 0 Å². The Morgan fingerprint density at radius 2 is 1.31 bits per heavy atom. The van der Waals surface area contributed by atoms with Crippen LogP contribution < -0.4 is 0 Å². The van der Waals surface area contributed by atoms with Crippen LogP contribution >= 0.6 is 0 Å². The fourth-order valence-corrected chi connectivity index (χ4v) is 5.58. The van der Waals surface area contributed by atoms with Crippen LogP contribution in [0.1, 0.15) is 43.9 Å². The first kappa shape index (κ1) is 23.7. The van der Waals surface area contributed by atoms with E-state index in [1.165, 1.54) is 0 Å². The highest BCUT2D eigenvalue weighted by atomic mass is 16.8. The molecular formula is C30H31NO4. The van der Waals surface area contributed by atoms with Gasteiger partial charge in [0.25, 0.3) is 0 Å². The van der Waals surface area contributed by atoms with E-state index >= 15 is 0 Å². The van der Waals surface area contributed by atoms with Crippen molar-refractivity contribution in [2.24, 2.45) is 0 Å². The van der Waals surface area contributed by atoms with Gasteiger partial charge in [0.1, 0.15) is 29.5 Å². The maximum absolute atomic E-state index is 9.43. The summed E-state index contributed by atoms with van der Waals surface area (Å²) >= 11 is 0. The molecular weight excluding hydrogens is 438 g/mol. The normalized spacial score (nSPS) is 27.3. The first-order valence-electron chi connectivity index (χ1n) is 12.1. The van der Waals surface area contributed by atoms with E-state index in [4.69, 9.17) is 18.9 Å². The van der Waals surface area contributed by atoms with E-state index in [0.717, 1.165) is 16.7 Å². The summed E-state index contributed by atoms with van der Waals surface area (Å²) in [6, 6.07) is 33.0. The zero-order valence-electron chi connectivity index (χ0n) is 20.4. The van der Waals surface area contributed by atoms with Gasteiger partial charge in [-0.1, -0.05) is 91.0 Å². The molecule has 0 saturated carbocycles. The molecule has 2 fully saturated rings. The van der Waals surface area contributed by atoms with Crippen LogP contribution in [0.3, 0.4) is 0 Å². The van der Waals surface area contributed by atoms with E-state index < -0.39 is 29.2 Å². The minimum absolute atomic E-state index is 0.226. The number of hydrogen-bond acceptors (Lipinski definition) is 5. The Morgan fingerprint density at radius 3 is 1.77 bits per heavy atom. The van der Waals surface area contributed by atoms with Crippen LogP contribution in [0, 0.1) is 11.3 Å². The Hall–Kier alpha value is -3.01. The van der Waals surface area contributed by atoms with E-state index in [9.17, 15) is 5.26 Å². The average molecular weight is 470 g/mol. The molecule has 5 nitrogen and oxygen atoms in total. The van der Waals surface area contributed by atoms with Gasteiger partial charge in [0, 0.05) is 0 Å². The highest BCUT2D eigenvalue weighted by Gasteiger charge is 2.63. The zero-order valence-corrected chi connectivity index (χ0v) is 20.4. The van der Waals surface area contributed by atoms with Crippen LogP contribution in [0.15, 0.2) is 91.0 Å². The maximum Gasteiger partial charge on any atom is 0.164 e. The Morgan fingerprint density at radius 1 is 0.829 bits per heavy atom. The standard InChI is InChI=1S/C30H31NO4/c1-28(2)34-27-25(33-26(19-20-31)29(27,3)35-28)21-32-30(22-13-7-4-8-14-22,23-15-9-5-10-16-23)24-17-11-6-12-18-24/h4-18,25-27H,19,21H2,1-3H3/t25-,26+,27-,29+/m1/s1. The van der Waals surface area contributed by atoms with Crippen molar-refractivity contribution in [1.82, 2.24) is 0 Å². The third kappa shape index (κ3) is 4.17. The Labute approximate surface area is 207 Å². The van der Waals surface area contributed by atoms with E-state index in [-0.39, 0.29) is 19.1 Å². The SMILES string of the molecule is CC1(C)O[C@@H]2[C@@H](COC(c3ccccc3)(c3ccccc3)c3ccccc3)O[C@@H](CC#N)[C@]2(C)O1. The molecule has 5 rings (SSSR count). The van der Waals surface area contributed by atoms with E-state index in [0.29, 0.717) is 0 Å². The molecule has 2 aliphatic rings. The smallest absolute Gasteiger partial charge is 0.164 e. The Bertz CT molecular complexity index is 1080. The second-order valence-corrected chi connectivity index (χ2v) is 9.84. The quantitative estimate of drug-likeness (QED) is 0.423. The molecule has 0 N–H and O–H groups in total. The second-order valence-electron chi connectivity index (χ2n) is 9.84. The van der Waals surface area contributed by atoms with E-state index in [1.807, 2.05) is 75.4 Å². The summed E-state index contributed by atoms with van der Waals surface area (Å²) in [6.45, 7) is 6.05. The van der Waals surface area contributed by atoms with Gasteiger partial charge in [0.05, 0.1) is 19.1 Å². The largest absolute Gasteiger partial charge is 0.366 e. The van der Waals surface area contributed by atoms with Gasteiger partial charge in [-0.05, 0) is 37.5 Å². The molecule has 4 atom stereocenters. The van der Waals surface area contributed by atoms with Gasteiger partial charge in [-0.2, -0.15) is 5.26 Å². The number of fused-ring (bicyclic) bond motifs is 1. The summed E-state index contributed by atoms with van der Waals surface area (Å²) < 4.78 is 25.9. The lowest BCUT2D eigenvalue weighted by Crippen LogP contribution is -2.44. The third-order valence-electron chi connectivity index (χ3n) is 7.04. The number of rotatable bonds is 7. The van der Waals surface area contributed by atoms with Crippen molar-refractivity contribution in [2.75, 3.05) is 6.61 Å². The Kier molecular flexibility index (Phi) is 6.25. The molecule has 0 aliphatic carbocycles. The van der Waals surface area contributed by atoms with E-state index in [1.54, 1.807) is 0 Å². The molecule has 0 bridgehead atoms. The molecule has 0 amide bonds. The minimum Gasteiger partial charge on any atom is -0.366 e. The zero-order chi connectivity index (χ0) is 24.5. The van der Waals surface area contributed by atoms with Gasteiger partial charge in [-0.3, -0.25) is 0 Å². The molecule has 35 heavy (non-hydrogen) atoms. The molecule has 0 spiro atoms. The van der Waals surface area contributed by atoms with Crippen LogP contribution in [0.25, 0.3) is 0 Å². The molecule has 0 aromatic heterocycles. The lowest BCUT2D eigenvalue weighted by molar-refractivity contribution is -0.208. The summed E-state index contributed by atoms with van der Waals surface area (Å²) in [5.41, 5.74) is 1.50. The number of benzene rings is 3. The minimum atomic E-state index is -0.855. The molecule has 0 radical (unpaired) electrons. The van der Waals surface area contributed by atoms with Crippen molar-refractivity contribution >= 4 is 0 Å². The van der Waals surface area contributed by atoms with Gasteiger partial charge in [0.2, 0.25) is 0 Å². The highest BCUT2D eigenvalue weighted by Crippen LogP contribution is 2.48. The molecule has 2 heterocycles. The molecule has 2 saturated heterocycles. The molecule has 3 aromatic carbocycles. The first-order chi connectivity index (χ1) is 16.9. The van der Waals surface area contributed by atoms with Crippen molar-refractivity contribution < 1.29 is 18.9 Å². The third-order valence-corrected chi connectivity index (χ3v) is 7.04. The van der Waals surface area contributed by atoms with Crippen LogP contribution in [-0.4, -0.2) is 36.3 Å². The lowest BCUT2D eigenvalue weighted by atomic mass is 9.80. The number of hydrogen-bond donors (Lipinski definition) is 0. The topological polar surface area (TPSA) is 60.7 Å². The van der Waals surface area contributed by atoms with Gasteiger partial charge in [0.15, 0.2) is 5.79 Å². The molecule has 5 heteroatoms. The molecule has 2 aliphatic heterocycles. The average Bonchev–Trinajstić information content (AvgIpc) is 3.27. The molecule has 0 unspecified atom stereocenters. The van der Waals surface area contributed by atoms with Gasteiger partial charge < -0.3 is 18.9 Å². The number of nitrogens with zero attached hydrogens (tertiary/aromatic N) is 1. The monoisotopic (exact) mass is 469 g/mol. The van der Waals surface area contributed by atoms with Crippen LogP contribution in [0.5, 0.6) is 0 Å². The van der Waals surface area contributed by atoms with Gasteiger partial charge in [-0.25, -0.2) is 0 Å². The summed E-state index contributed by atoms with van der Waals surface area (Å²) in [7, 11) is 0. The van der Waals surface area contributed by atoms with Crippen molar-refractivity contribution in [3.63, 3.8) is 0 Å². The molecule has 180 valence electrons. The number of ether oxygens (including phenoxy) is 4. The van der Waals surface area contributed by atoms with Crippen LogP contribution in [-0.2, 0) is 24.5 Å². The van der Waals surface area contributed by atoms with Crippen LogP contribution in [0.4, 0.5) is 0 Å². The summed E-state index contributed by atoms with van der Waals surface area (Å²) in [6.07, 6.45) is -0.914. The summed E-state index contributed by atoms with van der Waals surface area (Å²) in [4.78, 5) is 0. The van der Waals surface area contributed by atoms with Crippen molar-refractivity contribution in [1.29, 1.82) is 5.26 Å². The predicted molar refractivity (Wildman–Crippen MR) is 132 cm³/mol. The van der Waals surface area contributed by atoms with Crippen molar-refractivity contribution in [3.05, 3.63) is 108 Å². The first-order valence-corrected chi connectivity index (χ1v) is 12.1. The van der Waals surface area contributed by atoms with Crippen LogP contribution in [0.2, 0.25) is 0 Å². The predicted octanol–water partition coefficient (Wildman–Crippen LogP) is 5.59.